The second kappa shape index (κ2) is 6.89. The SMILES string of the molecule is NNC(CSC1CCCC1)c1cc(Br)ccc1F. The molecule has 2 nitrogen and oxygen atoms in total. The molecule has 1 atom stereocenters. The first-order valence-corrected chi connectivity index (χ1v) is 8.07. The fraction of sp³-hybridized carbons (Fsp3) is 0.538. The lowest BCUT2D eigenvalue weighted by Gasteiger charge is -2.19. The Labute approximate surface area is 120 Å². The molecule has 0 aromatic heterocycles. The highest BCUT2D eigenvalue weighted by atomic mass is 79.9. The average Bonchev–Trinajstić information content (AvgIpc) is 2.87. The van der Waals surface area contributed by atoms with Crippen molar-refractivity contribution in [3.63, 3.8) is 0 Å². The van der Waals surface area contributed by atoms with E-state index in [2.05, 4.69) is 21.4 Å². The summed E-state index contributed by atoms with van der Waals surface area (Å²) in [6.07, 6.45) is 5.21. The molecule has 100 valence electrons. The van der Waals surface area contributed by atoms with Crippen LogP contribution in [0.1, 0.15) is 37.3 Å². The molecule has 1 unspecified atom stereocenters. The van der Waals surface area contributed by atoms with Gasteiger partial charge in [0.2, 0.25) is 0 Å². The van der Waals surface area contributed by atoms with Crippen molar-refractivity contribution in [1.29, 1.82) is 0 Å². The van der Waals surface area contributed by atoms with E-state index >= 15 is 0 Å². The van der Waals surface area contributed by atoms with E-state index in [1.54, 1.807) is 12.1 Å². The van der Waals surface area contributed by atoms with Gasteiger partial charge in [-0.25, -0.2) is 4.39 Å². The van der Waals surface area contributed by atoms with E-state index in [0.717, 1.165) is 15.5 Å². The number of benzene rings is 1. The quantitative estimate of drug-likeness (QED) is 0.636. The van der Waals surface area contributed by atoms with Crippen LogP contribution in [-0.4, -0.2) is 11.0 Å². The average molecular weight is 333 g/mol. The van der Waals surface area contributed by atoms with Gasteiger partial charge in [-0.3, -0.25) is 11.3 Å². The Kier molecular flexibility index (Phi) is 5.48. The molecule has 0 spiro atoms. The molecule has 2 rings (SSSR count). The van der Waals surface area contributed by atoms with Crippen LogP contribution in [0.3, 0.4) is 0 Å². The molecular formula is C13H18BrFN2S. The van der Waals surface area contributed by atoms with Gasteiger partial charge in [0.25, 0.3) is 0 Å². The number of hydrazine groups is 1. The minimum absolute atomic E-state index is 0.131. The van der Waals surface area contributed by atoms with Crippen molar-refractivity contribution in [1.82, 2.24) is 5.43 Å². The van der Waals surface area contributed by atoms with Gasteiger partial charge < -0.3 is 0 Å². The molecule has 0 radical (unpaired) electrons. The zero-order chi connectivity index (χ0) is 13.0. The number of hydrogen-bond acceptors (Lipinski definition) is 3. The molecule has 1 aromatic rings. The number of hydrogen-bond donors (Lipinski definition) is 2. The summed E-state index contributed by atoms with van der Waals surface area (Å²) in [6.45, 7) is 0. The number of nitrogens with one attached hydrogen (secondary N) is 1. The molecule has 1 saturated carbocycles. The van der Waals surface area contributed by atoms with Crippen LogP contribution in [0.15, 0.2) is 22.7 Å². The Hall–Kier alpha value is -0.100. The van der Waals surface area contributed by atoms with Gasteiger partial charge in [0.05, 0.1) is 6.04 Å². The van der Waals surface area contributed by atoms with E-state index in [1.165, 1.54) is 31.7 Å². The highest BCUT2D eigenvalue weighted by molar-refractivity contribution is 9.10. The van der Waals surface area contributed by atoms with Crippen molar-refractivity contribution < 1.29 is 4.39 Å². The van der Waals surface area contributed by atoms with Crippen LogP contribution in [0.2, 0.25) is 0 Å². The van der Waals surface area contributed by atoms with E-state index in [4.69, 9.17) is 5.84 Å². The molecule has 0 saturated heterocycles. The largest absolute Gasteiger partial charge is 0.271 e. The van der Waals surface area contributed by atoms with Crippen LogP contribution in [0, 0.1) is 5.82 Å². The van der Waals surface area contributed by atoms with Crippen molar-refractivity contribution in [2.45, 2.75) is 37.0 Å². The smallest absolute Gasteiger partial charge is 0.128 e. The Balaban J connectivity index is 2.00. The number of rotatable bonds is 5. The fourth-order valence-corrected chi connectivity index (χ4v) is 4.08. The molecule has 0 aliphatic heterocycles. The maximum atomic E-state index is 13.8. The maximum Gasteiger partial charge on any atom is 0.128 e. The lowest BCUT2D eigenvalue weighted by molar-refractivity contribution is 0.545. The predicted molar refractivity (Wildman–Crippen MR) is 78.9 cm³/mol. The minimum Gasteiger partial charge on any atom is -0.271 e. The molecule has 0 amide bonds. The highest BCUT2D eigenvalue weighted by Crippen LogP contribution is 2.32. The van der Waals surface area contributed by atoms with E-state index in [-0.39, 0.29) is 11.9 Å². The lowest BCUT2D eigenvalue weighted by atomic mass is 10.1. The molecule has 3 N–H and O–H groups in total. The number of nitrogens with two attached hydrogens (primary N) is 1. The van der Waals surface area contributed by atoms with Crippen molar-refractivity contribution in [3.8, 4) is 0 Å². The summed E-state index contributed by atoms with van der Waals surface area (Å²) in [5.41, 5.74) is 3.37. The molecule has 1 aliphatic rings. The van der Waals surface area contributed by atoms with Crippen LogP contribution in [0.4, 0.5) is 4.39 Å². The van der Waals surface area contributed by atoms with Crippen molar-refractivity contribution in [2.75, 3.05) is 5.75 Å². The number of halogens is 2. The van der Waals surface area contributed by atoms with Crippen LogP contribution < -0.4 is 11.3 Å². The number of thioether (sulfide) groups is 1. The zero-order valence-electron chi connectivity index (χ0n) is 10.2. The summed E-state index contributed by atoms with van der Waals surface area (Å²) in [6, 6.07) is 4.85. The topological polar surface area (TPSA) is 38.0 Å². The molecule has 0 heterocycles. The van der Waals surface area contributed by atoms with Crippen LogP contribution in [0.25, 0.3) is 0 Å². The summed E-state index contributed by atoms with van der Waals surface area (Å²) >= 11 is 5.27. The summed E-state index contributed by atoms with van der Waals surface area (Å²) in [5.74, 6) is 6.18. The van der Waals surface area contributed by atoms with E-state index in [1.807, 2.05) is 11.8 Å². The second-order valence-electron chi connectivity index (χ2n) is 4.62. The van der Waals surface area contributed by atoms with Gasteiger partial charge in [-0.1, -0.05) is 28.8 Å². The highest BCUT2D eigenvalue weighted by Gasteiger charge is 2.20. The van der Waals surface area contributed by atoms with E-state index in [9.17, 15) is 4.39 Å². The van der Waals surface area contributed by atoms with Crippen molar-refractivity contribution in [3.05, 3.63) is 34.1 Å². The predicted octanol–water partition coefficient (Wildman–Crippen LogP) is 3.77. The lowest BCUT2D eigenvalue weighted by Crippen LogP contribution is -2.30. The molecule has 0 bridgehead atoms. The van der Waals surface area contributed by atoms with Crippen LogP contribution >= 0.6 is 27.7 Å². The third kappa shape index (κ3) is 3.70. The Bertz CT molecular complexity index is 397. The Morgan fingerprint density at radius 2 is 2.17 bits per heavy atom. The van der Waals surface area contributed by atoms with E-state index in [0.29, 0.717) is 5.56 Å². The van der Waals surface area contributed by atoms with Gasteiger partial charge in [-0.2, -0.15) is 11.8 Å². The fourth-order valence-electron chi connectivity index (χ4n) is 2.30. The van der Waals surface area contributed by atoms with Crippen molar-refractivity contribution >= 4 is 27.7 Å². The van der Waals surface area contributed by atoms with Crippen LogP contribution in [0.5, 0.6) is 0 Å². The molecular weight excluding hydrogens is 315 g/mol. The maximum absolute atomic E-state index is 13.8. The van der Waals surface area contributed by atoms with Gasteiger partial charge in [0.1, 0.15) is 5.82 Å². The third-order valence-corrected chi connectivity index (χ3v) is 5.30. The zero-order valence-corrected chi connectivity index (χ0v) is 12.6. The van der Waals surface area contributed by atoms with Gasteiger partial charge in [0, 0.05) is 21.0 Å². The first-order valence-electron chi connectivity index (χ1n) is 6.23. The summed E-state index contributed by atoms with van der Waals surface area (Å²) in [7, 11) is 0. The Morgan fingerprint density at radius 1 is 1.44 bits per heavy atom. The standard InChI is InChI=1S/C13H18BrFN2S/c14-9-5-6-12(15)11(7-9)13(17-16)8-18-10-3-1-2-4-10/h5-7,10,13,17H,1-4,8,16H2. The van der Waals surface area contributed by atoms with Gasteiger partial charge in [-0.05, 0) is 31.0 Å². The molecule has 18 heavy (non-hydrogen) atoms. The molecule has 5 heteroatoms. The van der Waals surface area contributed by atoms with E-state index < -0.39 is 0 Å². The molecule has 1 aromatic carbocycles. The van der Waals surface area contributed by atoms with Gasteiger partial charge in [-0.15, -0.1) is 0 Å². The second-order valence-corrected chi connectivity index (χ2v) is 6.87. The summed E-state index contributed by atoms with van der Waals surface area (Å²) < 4.78 is 14.7. The van der Waals surface area contributed by atoms with Gasteiger partial charge in [0.15, 0.2) is 0 Å². The summed E-state index contributed by atoms with van der Waals surface area (Å²) in [4.78, 5) is 0. The molecule has 1 aliphatic carbocycles. The minimum atomic E-state index is -0.201. The van der Waals surface area contributed by atoms with Gasteiger partial charge >= 0.3 is 0 Å². The first kappa shape index (κ1) is 14.3. The summed E-state index contributed by atoms with van der Waals surface area (Å²) in [5, 5.41) is 0.719. The van der Waals surface area contributed by atoms with Crippen molar-refractivity contribution in [2.24, 2.45) is 5.84 Å². The third-order valence-electron chi connectivity index (χ3n) is 3.34. The van der Waals surface area contributed by atoms with Crippen LogP contribution in [-0.2, 0) is 0 Å². The normalized spacial score (nSPS) is 18.2. The first-order chi connectivity index (χ1) is 8.70. The molecule has 1 fully saturated rings. The Morgan fingerprint density at radius 3 is 2.83 bits per heavy atom. The monoisotopic (exact) mass is 332 g/mol.